The zero-order chi connectivity index (χ0) is 17.6. The van der Waals surface area contributed by atoms with Gasteiger partial charge in [-0.1, -0.05) is 48.5 Å². The minimum absolute atomic E-state index is 0.169. The molecule has 3 aromatic rings. The van der Waals surface area contributed by atoms with Crippen LogP contribution in [0.3, 0.4) is 0 Å². The molecule has 4 N–H and O–H groups in total. The molecule has 0 saturated carbocycles. The molecule has 6 heteroatoms. The smallest absolute Gasteiger partial charge is 0.268 e. The number of aromatic nitrogens is 1. The Hall–Kier alpha value is -3.12. The molecule has 0 radical (unpaired) electrons. The monoisotopic (exact) mass is 337 g/mol. The Labute approximate surface area is 144 Å². The number of rotatable bonds is 6. The molecule has 0 aliphatic rings. The van der Waals surface area contributed by atoms with E-state index < -0.39 is 6.04 Å². The van der Waals surface area contributed by atoms with E-state index in [9.17, 15) is 14.7 Å². The first-order chi connectivity index (χ1) is 12.2. The van der Waals surface area contributed by atoms with Crippen LogP contribution >= 0.6 is 0 Å². The molecule has 3 rings (SSSR count). The molecule has 0 fully saturated rings. The Morgan fingerprint density at radius 3 is 2.48 bits per heavy atom. The fourth-order valence-electron chi connectivity index (χ4n) is 2.62. The van der Waals surface area contributed by atoms with Gasteiger partial charge in [-0.15, -0.1) is 0 Å². The molecule has 2 aromatic carbocycles. The number of para-hydroxylation sites is 1. The molecule has 1 aromatic heterocycles. The van der Waals surface area contributed by atoms with Crippen LogP contribution in [0.5, 0.6) is 0 Å². The topological polar surface area (TPSA) is 94.2 Å². The standard InChI is InChI=1S/C19H19N3O3/c23-12-17(13-6-2-1-3-7-13)22-18(24)11-20-19(25)16-10-14-8-4-5-9-15(14)21-16/h1-10,17,21,23H,11-12H2,(H,20,25)(H,22,24). The van der Waals surface area contributed by atoms with Gasteiger partial charge < -0.3 is 20.7 Å². The molecule has 128 valence electrons. The van der Waals surface area contributed by atoms with Gasteiger partial charge in [-0.05, 0) is 17.7 Å². The number of fused-ring (bicyclic) bond motifs is 1. The Kier molecular flexibility index (Phi) is 5.11. The molecule has 1 unspecified atom stereocenters. The van der Waals surface area contributed by atoms with Gasteiger partial charge >= 0.3 is 0 Å². The number of hydrogen-bond acceptors (Lipinski definition) is 3. The number of aromatic amines is 1. The van der Waals surface area contributed by atoms with Crippen LogP contribution in [-0.4, -0.2) is 35.1 Å². The van der Waals surface area contributed by atoms with Crippen molar-refractivity contribution in [3.63, 3.8) is 0 Å². The van der Waals surface area contributed by atoms with Crippen molar-refractivity contribution in [2.24, 2.45) is 0 Å². The molecule has 0 aliphatic carbocycles. The second kappa shape index (κ2) is 7.63. The Bertz CT molecular complexity index is 841. The highest BCUT2D eigenvalue weighted by Crippen LogP contribution is 2.14. The lowest BCUT2D eigenvalue weighted by Gasteiger charge is -2.16. The number of carbonyl (C=O) groups is 2. The molecule has 2 amide bonds. The van der Waals surface area contributed by atoms with Crippen molar-refractivity contribution in [1.82, 2.24) is 15.6 Å². The molecule has 0 spiro atoms. The third-order valence-electron chi connectivity index (χ3n) is 3.90. The minimum Gasteiger partial charge on any atom is -0.394 e. The molecule has 1 heterocycles. The average Bonchev–Trinajstić information content (AvgIpc) is 3.09. The fraction of sp³-hybridized carbons (Fsp3) is 0.158. The van der Waals surface area contributed by atoms with Crippen LogP contribution in [-0.2, 0) is 4.79 Å². The quantitative estimate of drug-likeness (QED) is 0.552. The van der Waals surface area contributed by atoms with E-state index in [1.54, 1.807) is 6.07 Å². The van der Waals surface area contributed by atoms with Crippen LogP contribution in [0.2, 0.25) is 0 Å². The molecule has 1 atom stereocenters. The van der Waals surface area contributed by atoms with E-state index in [0.717, 1.165) is 16.5 Å². The van der Waals surface area contributed by atoms with Crippen molar-refractivity contribution >= 4 is 22.7 Å². The van der Waals surface area contributed by atoms with Gasteiger partial charge in [0.2, 0.25) is 5.91 Å². The van der Waals surface area contributed by atoms with Crippen molar-refractivity contribution < 1.29 is 14.7 Å². The van der Waals surface area contributed by atoms with E-state index >= 15 is 0 Å². The summed E-state index contributed by atoms with van der Waals surface area (Å²) in [5.74, 6) is -0.723. The third kappa shape index (κ3) is 4.05. The molecule has 0 aliphatic heterocycles. The summed E-state index contributed by atoms with van der Waals surface area (Å²) in [6.45, 7) is -0.386. The largest absolute Gasteiger partial charge is 0.394 e. The Morgan fingerprint density at radius 1 is 1.04 bits per heavy atom. The van der Waals surface area contributed by atoms with Crippen molar-refractivity contribution in [3.05, 3.63) is 71.9 Å². The predicted molar refractivity (Wildman–Crippen MR) is 95.0 cm³/mol. The maximum atomic E-state index is 12.2. The molecule has 0 saturated heterocycles. The average molecular weight is 337 g/mol. The summed E-state index contributed by atoms with van der Waals surface area (Å²) in [7, 11) is 0. The number of aliphatic hydroxyl groups is 1. The number of hydrogen-bond donors (Lipinski definition) is 4. The summed E-state index contributed by atoms with van der Waals surface area (Å²) in [4.78, 5) is 27.2. The highest BCUT2D eigenvalue weighted by atomic mass is 16.3. The summed E-state index contributed by atoms with van der Waals surface area (Å²) < 4.78 is 0. The van der Waals surface area contributed by atoms with Crippen molar-refractivity contribution in [2.45, 2.75) is 6.04 Å². The number of amides is 2. The van der Waals surface area contributed by atoms with Gasteiger partial charge in [0, 0.05) is 10.9 Å². The van der Waals surface area contributed by atoms with Gasteiger partial charge in [0.05, 0.1) is 19.2 Å². The first-order valence-corrected chi connectivity index (χ1v) is 7.98. The molecule has 0 bridgehead atoms. The van der Waals surface area contributed by atoms with Gasteiger partial charge in [-0.25, -0.2) is 0 Å². The number of carbonyl (C=O) groups excluding carboxylic acids is 2. The summed E-state index contributed by atoms with van der Waals surface area (Å²) in [6, 6.07) is 18.0. The molecular formula is C19H19N3O3. The van der Waals surface area contributed by atoms with Gasteiger partial charge in [0.25, 0.3) is 5.91 Å². The second-order valence-corrected chi connectivity index (χ2v) is 5.67. The van der Waals surface area contributed by atoms with E-state index in [2.05, 4.69) is 15.6 Å². The van der Waals surface area contributed by atoms with Crippen LogP contribution in [0.15, 0.2) is 60.7 Å². The third-order valence-corrected chi connectivity index (χ3v) is 3.90. The highest BCUT2D eigenvalue weighted by Gasteiger charge is 2.15. The lowest BCUT2D eigenvalue weighted by molar-refractivity contribution is -0.121. The van der Waals surface area contributed by atoms with Gasteiger partial charge in [-0.2, -0.15) is 0 Å². The maximum absolute atomic E-state index is 12.2. The summed E-state index contributed by atoms with van der Waals surface area (Å²) >= 11 is 0. The number of aliphatic hydroxyl groups excluding tert-OH is 1. The zero-order valence-corrected chi connectivity index (χ0v) is 13.5. The van der Waals surface area contributed by atoms with Gasteiger partial charge in [-0.3, -0.25) is 9.59 Å². The number of H-pyrrole nitrogens is 1. The van der Waals surface area contributed by atoms with Crippen LogP contribution in [0, 0.1) is 0 Å². The zero-order valence-electron chi connectivity index (χ0n) is 13.5. The van der Waals surface area contributed by atoms with E-state index in [1.807, 2.05) is 54.6 Å². The van der Waals surface area contributed by atoms with Crippen molar-refractivity contribution in [2.75, 3.05) is 13.2 Å². The first kappa shape index (κ1) is 16.7. The van der Waals surface area contributed by atoms with Crippen LogP contribution in [0.1, 0.15) is 22.1 Å². The Morgan fingerprint density at radius 2 is 1.76 bits per heavy atom. The number of nitrogens with one attached hydrogen (secondary N) is 3. The van der Waals surface area contributed by atoms with Gasteiger partial charge in [0.15, 0.2) is 0 Å². The summed E-state index contributed by atoms with van der Waals surface area (Å²) in [6.07, 6.45) is 0. The van der Waals surface area contributed by atoms with E-state index in [4.69, 9.17) is 0 Å². The predicted octanol–water partition coefficient (Wildman–Crippen LogP) is 1.75. The molecular weight excluding hydrogens is 318 g/mol. The first-order valence-electron chi connectivity index (χ1n) is 7.98. The minimum atomic E-state index is -0.501. The molecule has 25 heavy (non-hydrogen) atoms. The summed E-state index contributed by atoms with van der Waals surface area (Å²) in [5, 5.41) is 15.7. The van der Waals surface area contributed by atoms with Crippen molar-refractivity contribution in [1.29, 1.82) is 0 Å². The van der Waals surface area contributed by atoms with E-state index in [-0.39, 0.29) is 25.0 Å². The van der Waals surface area contributed by atoms with Crippen molar-refractivity contribution in [3.8, 4) is 0 Å². The lowest BCUT2D eigenvalue weighted by Crippen LogP contribution is -2.39. The van der Waals surface area contributed by atoms with E-state index in [1.165, 1.54) is 0 Å². The SMILES string of the molecule is O=C(CNC(=O)c1cc2ccccc2[nH]1)NC(CO)c1ccccc1. The van der Waals surface area contributed by atoms with Crippen LogP contribution in [0.4, 0.5) is 0 Å². The van der Waals surface area contributed by atoms with Crippen LogP contribution in [0.25, 0.3) is 10.9 Å². The van der Waals surface area contributed by atoms with E-state index in [0.29, 0.717) is 5.69 Å². The Balaban J connectivity index is 1.57. The normalized spacial score (nSPS) is 11.9. The second-order valence-electron chi connectivity index (χ2n) is 5.67. The molecule has 6 nitrogen and oxygen atoms in total. The number of benzene rings is 2. The fourth-order valence-corrected chi connectivity index (χ4v) is 2.62. The summed E-state index contributed by atoms with van der Waals surface area (Å²) in [5.41, 5.74) is 2.07. The lowest BCUT2D eigenvalue weighted by atomic mass is 10.1. The highest BCUT2D eigenvalue weighted by molar-refractivity contribution is 5.99. The van der Waals surface area contributed by atoms with Gasteiger partial charge in [0.1, 0.15) is 5.69 Å². The van der Waals surface area contributed by atoms with Crippen LogP contribution < -0.4 is 10.6 Å². The maximum Gasteiger partial charge on any atom is 0.268 e.